The number of amides is 1. The highest BCUT2D eigenvalue weighted by molar-refractivity contribution is 8.00. The molecule has 1 amide bonds. The molecule has 1 aliphatic heterocycles. The minimum absolute atomic E-state index is 0.0705. The number of benzene rings is 2. The van der Waals surface area contributed by atoms with Crippen molar-refractivity contribution >= 4 is 44.5 Å². The number of nitrogens with zero attached hydrogens (tertiary/aromatic N) is 2. The van der Waals surface area contributed by atoms with E-state index in [4.69, 9.17) is 9.15 Å². The third-order valence-electron chi connectivity index (χ3n) is 5.71. The number of methoxy groups -OCH3 is 1. The van der Waals surface area contributed by atoms with Gasteiger partial charge in [-0.15, -0.1) is 0 Å². The molecular formula is C23H27N3O5S2. The van der Waals surface area contributed by atoms with E-state index >= 15 is 0 Å². The van der Waals surface area contributed by atoms with Crippen molar-refractivity contribution in [1.82, 2.24) is 9.88 Å². The lowest BCUT2D eigenvalue weighted by molar-refractivity contribution is -0.131. The molecule has 10 heteroatoms. The van der Waals surface area contributed by atoms with Crippen molar-refractivity contribution in [3.05, 3.63) is 42.5 Å². The standard InChI is InChI=1S/C23H27N3O5S2/c1-15-10-12-26(13-11-15)22(27)16(2)32-23-24-20-14-19(8-9-21(20)31-23)33(28,29)25-17-4-6-18(30-3)7-5-17/h4-9,14-16,25H,10-13H2,1-3H3/t16-/m0/s1. The van der Waals surface area contributed by atoms with Gasteiger partial charge in [0.1, 0.15) is 11.3 Å². The number of sulfonamides is 1. The second kappa shape index (κ2) is 9.64. The van der Waals surface area contributed by atoms with Gasteiger partial charge in [-0.2, -0.15) is 0 Å². The summed E-state index contributed by atoms with van der Waals surface area (Å²) in [6.45, 7) is 5.61. The van der Waals surface area contributed by atoms with Crippen LogP contribution in [-0.4, -0.2) is 49.7 Å². The lowest BCUT2D eigenvalue weighted by atomic mass is 9.99. The molecule has 0 radical (unpaired) electrons. The molecule has 0 unspecified atom stereocenters. The number of anilines is 1. The van der Waals surface area contributed by atoms with Gasteiger partial charge in [0.15, 0.2) is 5.58 Å². The zero-order valence-electron chi connectivity index (χ0n) is 18.8. The van der Waals surface area contributed by atoms with E-state index in [1.807, 2.05) is 11.8 Å². The summed E-state index contributed by atoms with van der Waals surface area (Å²) < 4.78 is 39.0. The summed E-state index contributed by atoms with van der Waals surface area (Å²) >= 11 is 1.25. The number of piperidine rings is 1. The van der Waals surface area contributed by atoms with E-state index in [1.165, 1.54) is 23.9 Å². The molecule has 0 bridgehead atoms. The number of carbonyl (C=O) groups excluding carboxylic acids is 1. The molecule has 0 aliphatic carbocycles. The second-order valence-corrected chi connectivity index (χ2v) is 11.2. The third kappa shape index (κ3) is 5.44. The van der Waals surface area contributed by atoms with Gasteiger partial charge in [-0.1, -0.05) is 18.7 Å². The summed E-state index contributed by atoms with van der Waals surface area (Å²) in [6.07, 6.45) is 2.04. The van der Waals surface area contributed by atoms with Crippen molar-refractivity contribution in [3.63, 3.8) is 0 Å². The highest BCUT2D eigenvalue weighted by atomic mass is 32.2. The van der Waals surface area contributed by atoms with Gasteiger partial charge in [-0.05, 0) is 68.1 Å². The van der Waals surface area contributed by atoms with Crippen molar-refractivity contribution in [2.24, 2.45) is 5.92 Å². The van der Waals surface area contributed by atoms with E-state index < -0.39 is 10.0 Å². The van der Waals surface area contributed by atoms with Gasteiger partial charge in [-0.3, -0.25) is 9.52 Å². The Kier molecular flexibility index (Phi) is 6.85. The number of carbonyl (C=O) groups is 1. The van der Waals surface area contributed by atoms with Crippen LogP contribution >= 0.6 is 11.8 Å². The molecule has 2 heterocycles. The summed E-state index contributed by atoms with van der Waals surface area (Å²) in [6, 6.07) is 11.1. The van der Waals surface area contributed by atoms with E-state index in [-0.39, 0.29) is 16.1 Å². The maximum atomic E-state index is 12.8. The van der Waals surface area contributed by atoms with Gasteiger partial charge in [-0.25, -0.2) is 13.4 Å². The van der Waals surface area contributed by atoms with Crippen LogP contribution in [0, 0.1) is 5.92 Å². The number of likely N-dealkylation sites (tertiary alicyclic amines) is 1. The zero-order valence-corrected chi connectivity index (χ0v) is 20.4. The highest BCUT2D eigenvalue weighted by Crippen LogP contribution is 2.30. The molecule has 1 saturated heterocycles. The average Bonchev–Trinajstić information content (AvgIpc) is 3.21. The van der Waals surface area contributed by atoms with Gasteiger partial charge in [0, 0.05) is 18.8 Å². The number of ether oxygens (including phenoxy) is 1. The monoisotopic (exact) mass is 489 g/mol. The molecule has 1 fully saturated rings. The number of fused-ring (bicyclic) bond motifs is 1. The molecule has 1 aliphatic rings. The van der Waals surface area contributed by atoms with Gasteiger partial charge < -0.3 is 14.1 Å². The largest absolute Gasteiger partial charge is 0.497 e. The zero-order chi connectivity index (χ0) is 23.6. The minimum atomic E-state index is -3.81. The summed E-state index contributed by atoms with van der Waals surface area (Å²) in [5, 5.41) is 0.000277. The fourth-order valence-electron chi connectivity index (χ4n) is 3.66. The van der Waals surface area contributed by atoms with E-state index in [0.29, 0.717) is 33.7 Å². The summed E-state index contributed by atoms with van der Waals surface area (Å²) in [5.74, 6) is 1.36. The molecular weight excluding hydrogens is 462 g/mol. The number of hydrogen-bond acceptors (Lipinski definition) is 7. The Hall–Kier alpha value is -2.72. The predicted molar refractivity (Wildman–Crippen MR) is 128 cm³/mol. The van der Waals surface area contributed by atoms with E-state index in [9.17, 15) is 13.2 Å². The van der Waals surface area contributed by atoms with Gasteiger partial charge in [0.25, 0.3) is 15.2 Å². The number of rotatable bonds is 7. The van der Waals surface area contributed by atoms with Gasteiger partial charge in [0.2, 0.25) is 5.91 Å². The molecule has 176 valence electrons. The Labute approximate surface area is 197 Å². The van der Waals surface area contributed by atoms with Crippen LogP contribution in [0.4, 0.5) is 5.69 Å². The molecule has 3 aromatic rings. The Morgan fingerprint density at radius 1 is 1.21 bits per heavy atom. The summed E-state index contributed by atoms with van der Waals surface area (Å²) in [7, 11) is -2.27. The maximum absolute atomic E-state index is 12.8. The number of oxazole rings is 1. The van der Waals surface area contributed by atoms with Gasteiger partial charge >= 0.3 is 0 Å². The van der Waals surface area contributed by atoms with E-state index in [0.717, 1.165) is 25.9 Å². The second-order valence-electron chi connectivity index (χ2n) is 8.21. The summed E-state index contributed by atoms with van der Waals surface area (Å²) in [4.78, 5) is 19.1. The van der Waals surface area contributed by atoms with Crippen molar-refractivity contribution < 1.29 is 22.4 Å². The minimum Gasteiger partial charge on any atom is -0.497 e. The SMILES string of the molecule is COc1ccc(NS(=O)(=O)c2ccc3oc(S[C@@H](C)C(=O)N4CCC(C)CC4)nc3c2)cc1. The first kappa shape index (κ1) is 23.4. The topological polar surface area (TPSA) is 102 Å². The smallest absolute Gasteiger partial charge is 0.261 e. The average molecular weight is 490 g/mol. The Morgan fingerprint density at radius 2 is 1.91 bits per heavy atom. The summed E-state index contributed by atoms with van der Waals surface area (Å²) in [5.41, 5.74) is 1.31. The Bertz CT molecular complexity index is 1230. The fraction of sp³-hybridized carbons (Fsp3) is 0.391. The maximum Gasteiger partial charge on any atom is 0.261 e. The third-order valence-corrected chi connectivity index (χ3v) is 8.02. The first-order valence-electron chi connectivity index (χ1n) is 10.8. The molecule has 2 aromatic carbocycles. The van der Waals surface area contributed by atoms with Gasteiger partial charge in [0.05, 0.1) is 17.3 Å². The van der Waals surface area contributed by atoms with Crippen molar-refractivity contribution in [1.29, 1.82) is 0 Å². The normalized spacial score (nSPS) is 16.0. The Morgan fingerprint density at radius 3 is 2.58 bits per heavy atom. The van der Waals surface area contributed by atoms with E-state index in [1.54, 1.807) is 37.4 Å². The predicted octanol–water partition coefficient (Wildman–Crippen LogP) is 4.38. The molecule has 33 heavy (non-hydrogen) atoms. The van der Waals surface area contributed by atoms with Crippen molar-refractivity contribution in [3.8, 4) is 5.75 Å². The van der Waals surface area contributed by atoms with Crippen LogP contribution in [0.2, 0.25) is 0 Å². The quantitative estimate of drug-likeness (QED) is 0.492. The molecule has 1 N–H and O–H groups in total. The van der Waals surface area contributed by atoms with E-state index in [2.05, 4.69) is 16.6 Å². The van der Waals surface area contributed by atoms with Crippen LogP contribution in [0.15, 0.2) is 57.0 Å². The molecule has 0 spiro atoms. The number of thioether (sulfide) groups is 1. The van der Waals surface area contributed by atoms with Crippen LogP contribution < -0.4 is 9.46 Å². The number of nitrogens with one attached hydrogen (secondary N) is 1. The fourth-order valence-corrected chi connectivity index (χ4v) is 5.58. The molecule has 1 atom stereocenters. The van der Waals surface area contributed by atoms with Crippen molar-refractivity contribution in [2.75, 3.05) is 24.9 Å². The van der Waals surface area contributed by atoms with Crippen molar-refractivity contribution in [2.45, 2.75) is 42.1 Å². The first-order valence-corrected chi connectivity index (χ1v) is 13.1. The lowest BCUT2D eigenvalue weighted by Gasteiger charge is -2.31. The van der Waals surface area contributed by atoms with Crippen LogP contribution in [0.3, 0.4) is 0 Å². The van der Waals surface area contributed by atoms with Crippen LogP contribution in [0.1, 0.15) is 26.7 Å². The number of hydrogen-bond donors (Lipinski definition) is 1. The number of aromatic nitrogens is 1. The first-order chi connectivity index (χ1) is 15.7. The Balaban J connectivity index is 1.46. The molecule has 1 aromatic heterocycles. The highest BCUT2D eigenvalue weighted by Gasteiger charge is 2.26. The molecule has 0 saturated carbocycles. The van der Waals surface area contributed by atoms with Crippen LogP contribution in [0.5, 0.6) is 5.75 Å². The molecule has 4 rings (SSSR count). The van der Waals surface area contributed by atoms with Crippen LogP contribution in [-0.2, 0) is 14.8 Å². The lowest BCUT2D eigenvalue weighted by Crippen LogP contribution is -2.41. The van der Waals surface area contributed by atoms with Crippen LogP contribution in [0.25, 0.3) is 11.1 Å². The molecule has 8 nitrogen and oxygen atoms in total.